The zero-order valence-electron chi connectivity index (χ0n) is 9.87. The van der Waals surface area contributed by atoms with Gasteiger partial charge in [-0.2, -0.15) is 0 Å². The maximum atomic E-state index is 11.1. The Labute approximate surface area is 105 Å². The first-order valence-corrected chi connectivity index (χ1v) is 5.30. The summed E-state index contributed by atoms with van der Waals surface area (Å²) in [7, 11) is 0. The van der Waals surface area contributed by atoms with E-state index in [0.29, 0.717) is 0 Å². The van der Waals surface area contributed by atoms with E-state index in [9.17, 15) is 9.59 Å². The summed E-state index contributed by atoms with van der Waals surface area (Å²) in [6.45, 7) is 2.62. The van der Waals surface area contributed by atoms with E-state index in [4.69, 9.17) is 4.74 Å². The van der Waals surface area contributed by atoms with Crippen LogP contribution in [0.1, 0.15) is 12.5 Å². The first kappa shape index (κ1) is 13.8. The average Bonchev–Trinajstić information content (AvgIpc) is 2.36. The van der Waals surface area contributed by atoms with Crippen LogP contribution in [-0.4, -0.2) is 25.5 Å². The van der Waals surface area contributed by atoms with Crippen molar-refractivity contribution in [3.63, 3.8) is 0 Å². The lowest BCUT2D eigenvalue weighted by molar-refractivity contribution is -0.0581. The van der Waals surface area contributed by atoms with E-state index in [1.165, 1.54) is 6.92 Å². The Kier molecular flexibility index (Phi) is 6.03. The van der Waals surface area contributed by atoms with Gasteiger partial charge in [-0.1, -0.05) is 36.4 Å². The molecule has 0 aliphatic rings. The third-order valence-corrected chi connectivity index (χ3v) is 1.88. The van der Waals surface area contributed by atoms with Gasteiger partial charge in [0.15, 0.2) is 0 Å². The molecule has 5 heteroatoms. The predicted octanol–water partition coefficient (Wildman–Crippen LogP) is 2.28. The fraction of sp³-hybridized carbons (Fsp3) is 0.231. The summed E-state index contributed by atoms with van der Waals surface area (Å²) >= 11 is 0. The molecule has 95 valence electrons. The monoisotopic (exact) mass is 249 g/mol. The Morgan fingerprint density at radius 3 is 2.78 bits per heavy atom. The highest BCUT2D eigenvalue weighted by molar-refractivity contribution is 5.60. The van der Waals surface area contributed by atoms with E-state index in [-0.39, 0.29) is 6.61 Å². The molecule has 1 aromatic rings. The molecule has 0 amide bonds. The van der Waals surface area contributed by atoms with E-state index in [2.05, 4.69) is 9.47 Å². The maximum absolute atomic E-state index is 11.1. The Morgan fingerprint density at radius 1 is 1.39 bits per heavy atom. The Morgan fingerprint density at radius 2 is 2.11 bits per heavy atom. The maximum Gasteiger partial charge on any atom is 0.511 e. The van der Waals surface area contributed by atoms with Gasteiger partial charge in [0.2, 0.25) is 6.29 Å². The number of ether oxygens (including phenoxy) is 3. The van der Waals surface area contributed by atoms with Gasteiger partial charge in [0.05, 0.1) is 0 Å². The van der Waals surface area contributed by atoms with Gasteiger partial charge < -0.3 is 14.2 Å². The van der Waals surface area contributed by atoms with Gasteiger partial charge >= 0.3 is 12.6 Å². The van der Waals surface area contributed by atoms with E-state index in [1.54, 1.807) is 6.08 Å². The van der Waals surface area contributed by atoms with Crippen LogP contribution in [0.2, 0.25) is 0 Å². The molecule has 0 saturated carbocycles. The van der Waals surface area contributed by atoms with E-state index >= 15 is 0 Å². The van der Waals surface area contributed by atoms with Crippen molar-refractivity contribution in [1.29, 1.82) is 0 Å². The van der Waals surface area contributed by atoms with Crippen molar-refractivity contribution in [2.75, 3.05) is 6.61 Å². The largest absolute Gasteiger partial charge is 0.511 e. The number of benzene rings is 1. The molecule has 0 N–H and O–H groups in total. The zero-order valence-corrected chi connectivity index (χ0v) is 9.87. The van der Waals surface area contributed by atoms with Crippen molar-refractivity contribution < 1.29 is 23.8 Å². The fourth-order valence-electron chi connectivity index (χ4n) is 1.13. The van der Waals surface area contributed by atoms with Crippen LogP contribution in [0.3, 0.4) is 0 Å². The molecule has 1 aromatic carbocycles. The third kappa shape index (κ3) is 5.69. The topological polar surface area (TPSA) is 61.8 Å². The molecule has 1 radical (unpaired) electrons. The van der Waals surface area contributed by atoms with Crippen molar-refractivity contribution in [3.05, 3.63) is 42.0 Å². The van der Waals surface area contributed by atoms with Gasteiger partial charge in [-0.05, 0) is 11.6 Å². The predicted molar refractivity (Wildman–Crippen MR) is 64.1 cm³/mol. The molecule has 1 rings (SSSR count). The highest BCUT2D eigenvalue weighted by Gasteiger charge is 2.09. The van der Waals surface area contributed by atoms with Crippen LogP contribution in [-0.2, 0) is 19.0 Å². The van der Waals surface area contributed by atoms with Crippen LogP contribution in [0.4, 0.5) is 4.79 Å². The fourth-order valence-corrected chi connectivity index (χ4v) is 1.13. The highest BCUT2D eigenvalue weighted by Crippen LogP contribution is 2.01. The van der Waals surface area contributed by atoms with Gasteiger partial charge in [-0.25, -0.2) is 9.59 Å². The van der Waals surface area contributed by atoms with Crippen LogP contribution < -0.4 is 0 Å². The summed E-state index contributed by atoms with van der Waals surface area (Å²) in [6, 6.07) is 9.57. The molecule has 0 bridgehead atoms. The van der Waals surface area contributed by atoms with Crippen molar-refractivity contribution in [3.8, 4) is 0 Å². The van der Waals surface area contributed by atoms with Crippen LogP contribution in [0.5, 0.6) is 0 Å². The summed E-state index contributed by atoms with van der Waals surface area (Å²) in [5.41, 5.74) is 1.00. The third-order valence-electron chi connectivity index (χ3n) is 1.88. The molecule has 18 heavy (non-hydrogen) atoms. The first-order chi connectivity index (χ1) is 8.72. The summed E-state index contributed by atoms with van der Waals surface area (Å²) < 4.78 is 13.5. The van der Waals surface area contributed by atoms with E-state index in [1.807, 2.05) is 36.4 Å². The average molecular weight is 249 g/mol. The minimum absolute atomic E-state index is 0.0747. The minimum atomic E-state index is -1.01. The Balaban J connectivity index is 2.23. The second-order valence-electron chi connectivity index (χ2n) is 3.26. The summed E-state index contributed by atoms with van der Waals surface area (Å²) in [4.78, 5) is 20.9. The van der Waals surface area contributed by atoms with Crippen molar-refractivity contribution in [1.82, 2.24) is 0 Å². The quantitative estimate of drug-likeness (QED) is 0.571. The molecule has 1 unspecified atom stereocenters. The SMILES string of the molecule is CC(O[C]=O)OC(=O)OCC=Cc1ccccc1. The Bertz CT molecular complexity index is 399. The second kappa shape index (κ2) is 7.89. The zero-order chi connectivity index (χ0) is 13.2. The minimum Gasteiger partial charge on any atom is -0.430 e. The smallest absolute Gasteiger partial charge is 0.430 e. The van der Waals surface area contributed by atoms with Crippen molar-refractivity contribution in [2.45, 2.75) is 13.2 Å². The number of hydrogen-bond donors (Lipinski definition) is 0. The van der Waals surface area contributed by atoms with Crippen molar-refractivity contribution in [2.24, 2.45) is 0 Å². The van der Waals surface area contributed by atoms with Crippen LogP contribution in [0, 0.1) is 0 Å². The molecule has 0 saturated heterocycles. The normalized spacial score (nSPS) is 11.8. The lowest BCUT2D eigenvalue weighted by Gasteiger charge is -2.09. The molecule has 0 aliphatic carbocycles. The van der Waals surface area contributed by atoms with Gasteiger partial charge in [0.1, 0.15) is 6.61 Å². The number of rotatable bonds is 6. The number of carbonyl (C=O) groups is 1. The van der Waals surface area contributed by atoms with Gasteiger partial charge in [-0.3, -0.25) is 0 Å². The molecular weight excluding hydrogens is 236 g/mol. The summed E-state index contributed by atoms with van der Waals surface area (Å²) in [6.07, 6.45) is 1.57. The standard InChI is InChI=1S/C13H13O5/c1-11(17-10-14)18-13(15)16-9-5-8-12-6-3-2-4-7-12/h2-8,11H,9H2,1H3. The van der Waals surface area contributed by atoms with Crippen molar-refractivity contribution >= 4 is 18.7 Å². The molecule has 1 atom stereocenters. The first-order valence-electron chi connectivity index (χ1n) is 5.30. The lowest BCUT2D eigenvalue weighted by atomic mass is 10.2. The molecule has 5 nitrogen and oxygen atoms in total. The van der Waals surface area contributed by atoms with E-state index < -0.39 is 12.4 Å². The van der Waals surface area contributed by atoms with Gasteiger partial charge in [0.25, 0.3) is 0 Å². The van der Waals surface area contributed by atoms with Crippen LogP contribution >= 0.6 is 0 Å². The van der Waals surface area contributed by atoms with Crippen LogP contribution in [0.25, 0.3) is 6.08 Å². The summed E-state index contributed by atoms with van der Waals surface area (Å²) in [5, 5.41) is 0. The van der Waals surface area contributed by atoms with Gasteiger partial charge in [-0.15, -0.1) is 0 Å². The summed E-state index contributed by atoms with van der Waals surface area (Å²) in [5.74, 6) is 0. The second-order valence-corrected chi connectivity index (χ2v) is 3.26. The Hall–Kier alpha value is -2.30. The molecule has 0 spiro atoms. The number of carbonyl (C=O) groups excluding carboxylic acids is 2. The van der Waals surface area contributed by atoms with Gasteiger partial charge in [0, 0.05) is 6.92 Å². The van der Waals surface area contributed by atoms with E-state index in [0.717, 1.165) is 12.0 Å². The molecule has 0 aromatic heterocycles. The highest BCUT2D eigenvalue weighted by atomic mass is 16.8. The molecule has 0 fully saturated rings. The number of hydrogen-bond acceptors (Lipinski definition) is 5. The molecule has 0 aliphatic heterocycles. The molecule has 0 heterocycles. The van der Waals surface area contributed by atoms with Crippen LogP contribution in [0.15, 0.2) is 36.4 Å². The lowest BCUT2D eigenvalue weighted by Crippen LogP contribution is -2.18. The molecular formula is C13H13O5.